The number of nitrogens with zero attached hydrogens (tertiary/aromatic N) is 3. The Morgan fingerprint density at radius 3 is 1.75 bits per heavy atom. The Hall–Kier alpha value is -2.43. The van der Waals surface area contributed by atoms with Crippen molar-refractivity contribution in [1.29, 1.82) is 0 Å². The molecule has 3 aromatic heterocycles. The molecule has 0 N–H and O–H groups in total. The molecule has 3 heterocycles. The molecule has 5 nitrogen and oxygen atoms in total. The van der Waals surface area contributed by atoms with E-state index in [-0.39, 0.29) is 0 Å². The largest absolute Gasteiger partial charge is 0.439 e. The van der Waals surface area contributed by atoms with Gasteiger partial charge in [-0.1, -0.05) is 19.9 Å². The van der Waals surface area contributed by atoms with Crippen LogP contribution in [0.5, 0.6) is 0 Å². The molecule has 0 bridgehead atoms. The van der Waals surface area contributed by atoms with Crippen LogP contribution < -0.4 is 0 Å². The van der Waals surface area contributed by atoms with Crippen molar-refractivity contribution >= 4 is 0 Å². The number of hydrogen-bond acceptors (Lipinski definition) is 5. The molecule has 5 heteroatoms. The van der Waals surface area contributed by atoms with Gasteiger partial charge in [-0.05, 0) is 12.1 Å². The normalized spacial score (nSPS) is 10.9. The van der Waals surface area contributed by atoms with Gasteiger partial charge in [0.2, 0.25) is 0 Å². The van der Waals surface area contributed by atoms with E-state index in [9.17, 15) is 0 Å². The van der Waals surface area contributed by atoms with Gasteiger partial charge in [0.15, 0.2) is 23.3 Å². The minimum atomic E-state index is 0.666. The molecule has 0 fully saturated rings. The topological polar surface area (TPSA) is 65.0 Å². The summed E-state index contributed by atoms with van der Waals surface area (Å²) in [4.78, 5) is 12.9. The summed E-state index contributed by atoms with van der Waals surface area (Å²) < 4.78 is 11.2. The van der Waals surface area contributed by atoms with Crippen molar-refractivity contribution < 1.29 is 8.83 Å². The van der Waals surface area contributed by atoms with E-state index in [1.165, 1.54) is 0 Å². The highest BCUT2D eigenvalue weighted by molar-refractivity contribution is 5.58. The zero-order valence-corrected chi connectivity index (χ0v) is 11.5. The summed E-state index contributed by atoms with van der Waals surface area (Å²) in [6.07, 6.45) is 4.93. The summed E-state index contributed by atoms with van der Waals surface area (Å²) >= 11 is 0. The second-order valence-corrected chi connectivity index (χ2v) is 4.35. The van der Waals surface area contributed by atoms with E-state index < -0.39 is 0 Å². The van der Waals surface area contributed by atoms with E-state index in [2.05, 4.69) is 15.0 Å². The van der Waals surface area contributed by atoms with Gasteiger partial charge >= 0.3 is 0 Å². The summed E-state index contributed by atoms with van der Waals surface area (Å²) in [7, 11) is 0. The van der Waals surface area contributed by atoms with E-state index in [0.717, 1.165) is 24.2 Å². The highest BCUT2D eigenvalue weighted by Crippen LogP contribution is 2.24. The van der Waals surface area contributed by atoms with E-state index in [4.69, 9.17) is 8.83 Å². The molecule has 0 atom stereocenters. The molecule has 0 aliphatic carbocycles. The Balaban J connectivity index is 1.96. The molecular weight excluding hydrogens is 254 g/mol. The maximum atomic E-state index is 5.62. The molecule has 3 rings (SSSR count). The molecule has 0 spiro atoms. The van der Waals surface area contributed by atoms with Crippen LogP contribution in [-0.4, -0.2) is 15.0 Å². The Morgan fingerprint density at radius 1 is 0.850 bits per heavy atom. The molecule has 0 aromatic carbocycles. The average Bonchev–Trinajstić information content (AvgIpc) is 3.16. The number of rotatable bonds is 4. The number of hydrogen-bond donors (Lipinski definition) is 0. The van der Waals surface area contributed by atoms with Gasteiger partial charge in [-0.3, -0.25) is 0 Å². The number of oxazole rings is 2. The predicted octanol–water partition coefficient (Wildman–Crippen LogP) is 3.52. The zero-order chi connectivity index (χ0) is 13.9. The second-order valence-electron chi connectivity index (χ2n) is 4.35. The minimum absolute atomic E-state index is 0.666. The van der Waals surface area contributed by atoms with E-state index in [1.54, 1.807) is 12.4 Å². The van der Waals surface area contributed by atoms with Crippen LogP contribution in [0.2, 0.25) is 0 Å². The fraction of sp³-hybridized carbons (Fsp3) is 0.267. The molecule has 0 amide bonds. The van der Waals surface area contributed by atoms with Crippen molar-refractivity contribution in [3.8, 4) is 22.9 Å². The molecule has 0 saturated heterocycles. The summed E-state index contributed by atoms with van der Waals surface area (Å²) in [6, 6.07) is 5.70. The third-order valence-electron chi connectivity index (χ3n) is 2.97. The zero-order valence-electron chi connectivity index (χ0n) is 11.5. The van der Waals surface area contributed by atoms with Crippen molar-refractivity contribution in [1.82, 2.24) is 15.0 Å². The SMILES string of the molecule is CCc1ncc(-c2cccc(-c3cnc(CC)o3)n2)o1. The molecule has 0 aliphatic rings. The van der Waals surface area contributed by atoms with Gasteiger partial charge in [0.25, 0.3) is 0 Å². The maximum absolute atomic E-state index is 5.62. The molecule has 0 aliphatic heterocycles. The van der Waals surface area contributed by atoms with Gasteiger partial charge in [0, 0.05) is 12.8 Å². The third-order valence-corrected chi connectivity index (χ3v) is 2.97. The predicted molar refractivity (Wildman–Crippen MR) is 74.0 cm³/mol. The van der Waals surface area contributed by atoms with E-state index in [0.29, 0.717) is 23.3 Å². The molecule has 0 unspecified atom stereocenters. The average molecular weight is 269 g/mol. The Kier molecular flexibility index (Phi) is 3.33. The van der Waals surface area contributed by atoms with Crippen molar-refractivity contribution in [3.63, 3.8) is 0 Å². The first-order valence-corrected chi connectivity index (χ1v) is 6.67. The summed E-state index contributed by atoms with van der Waals surface area (Å²) in [5.74, 6) is 2.75. The van der Waals surface area contributed by atoms with Crippen LogP contribution in [0.15, 0.2) is 39.4 Å². The van der Waals surface area contributed by atoms with Gasteiger partial charge in [0.1, 0.15) is 11.4 Å². The first kappa shape index (κ1) is 12.6. The summed E-state index contributed by atoms with van der Waals surface area (Å²) in [5.41, 5.74) is 1.48. The molecule has 0 saturated carbocycles. The standard InChI is InChI=1S/C15H15N3O2/c1-3-14-16-8-12(19-14)10-6-5-7-11(18-10)13-9-17-15(4-2)20-13/h5-9H,3-4H2,1-2H3. The second kappa shape index (κ2) is 5.28. The fourth-order valence-electron chi connectivity index (χ4n) is 1.89. The van der Waals surface area contributed by atoms with Crippen LogP contribution in [0.4, 0.5) is 0 Å². The smallest absolute Gasteiger partial charge is 0.194 e. The van der Waals surface area contributed by atoms with E-state index >= 15 is 0 Å². The van der Waals surface area contributed by atoms with Crippen molar-refractivity contribution in [2.75, 3.05) is 0 Å². The van der Waals surface area contributed by atoms with Gasteiger partial charge in [-0.25, -0.2) is 15.0 Å². The van der Waals surface area contributed by atoms with Gasteiger partial charge in [-0.2, -0.15) is 0 Å². The van der Waals surface area contributed by atoms with Gasteiger partial charge < -0.3 is 8.83 Å². The molecule has 3 aromatic rings. The van der Waals surface area contributed by atoms with Crippen LogP contribution in [0.25, 0.3) is 22.9 Å². The fourth-order valence-corrected chi connectivity index (χ4v) is 1.89. The minimum Gasteiger partial charge on any atom is -0.439 e. The highest BCUT2D eigenvalue weighted by atomic mass is 16.4. The van der Waals surface area contributed by atoms with Crippen LogP contribution >= 0.6 is 0 Å². The van der Waals surface area contributed by atoms with Crippen LogP contribution in [0.3, 0.4) is 0 Å². The highest BCUT2D eigenvalue weighted by Gasteiger charge is 2.10. The van der Waals surface area contributed by atoms with Crippen molar-refractivity contribution in [2.24, 2.45) is 0 Å². The lowest BCUT2D eigenvalue weighted by Crippen LogP contribution is -1.85. The lowest BCUT2D eigenvalue weighted by Gasteiger charge is -1.99. The number of pyridine rings is 1. The van der Waals surface area contributed by atoms with Crippen LogP contribution in [0.1, 0.15) is 25.6 Å². The Bertz CT molecular complexity index is 658. The van der Waals surface area contributed by atoms with Crippen LogP contribution in [0, 0.1) is 0 Å². The third kappa shape index (κ3) is 2.34. The molecule has 0 radical (unpaired) electrons. The van der Waals surface area contributed by atoms with E-state index in [1.807, 2.05) is 32.0 Å². The van der Waals surface area contributed by atoms with Crippen molar-refractivity contribution in [3.05, 3.63) is 42.4 Å². The maximum Gasteiger partial charge on any atom is 0.194 e. The quantitative estimate of drug-likeness (QED) is 0.725. The van der Waals surface area contributed by atoms with Crippen molar-refractivity contribution in [2.45, 2.75) is 26.7 Å². The van der Waals surface area contributed by atoms with Gasteiger partial charge in [0.05, 0.1) is 12.4 Å². The number of aromatic nitrogens is 3. The Labute approximate surface area is 116 Å². The summed E-state index contributed by atoms with van der Waals surface area (Å²) in [5, 5.41) is 0. The molecule has 20 heavy (non-hydrogen) atoms. The lowest BCUT2D eigenvalue weighted by molar-refractivity contribution is 0.509. The van der Waals surface area contributed by atoms with Crippen LogP contribution in [-0.2, 0) is 12.8 Å². The molecular formula is C15H15N3O2. The molecule has 102 valence electrons. The lowest BCUT2D eigenvalue weighted by atomic mass is 10.2. The first-order valence-electron chi connectivity index (χ1n) is 6.67. The first-order chi connectivity index (χ1) is 9.80. The number of aryl methyl sites for hydroxylation is 2. The summed E-state index contributed by atoms with van der Waals surface area (Å²) in [6.45, 7) is 4.00. The Morgan fingerprint density at radius 2 is 1.35 bits per heavy atom. The van der Waals surface area contributed by atoms with Gasteiger partial charge in [-0.15, -0.1) is 0 Å². The monoisotopic (exact) mass is 269 g/mol.